The maximum absolute atomic E-state index is 12.9. The van der Waals surface area contributed by atoms with Crippen LogP contribution in [0.25, 0.3) is 11.0 Å². The molecule has 0 saturated heterocycles. The smallest absolute Gasteiger partial charge is 0.275 e. The van der Waals surface area contributed by atoms with Crippen molar-refractivity contribution < 1.29 is 18.7 Å². The molecule has 0 fully saturated rings. The molecule has 212 valence electrons. The Morgan fingerprint density at radius 3 is 2.30 bits per heavy atom. The van der Waals surface area contributed by atoms with Gasteiger partial charge in [-0.1, -0.05) is 20.8 Å². The third-order valence-electron chi connectivity index (χ3n) is 7.26. The van der Waals surface area contributed by atoms with E-state index in [-0.39, 0.29) is 16.6 Å². The topological polar surface area (TPSA) is 104 Å². The Kier molecular flexibility index (Phi) is 8.45. The Balaban J connectivity index is 1.69. The zero-order valence-corrected chi connectivity index (χ0v) is 25.5. The van der Waals surface area contributed by atoms with Crippen LogP contribution in [0.1, 0.15) is 31.3 Å². The van der Waals surface area contributed by atoms with E-state index < -0.39 is 8.32 Å². The molecule has 10 nitrogen and oxygen atoms in total. The first-order valence-electron chi connectivity index (χ1n) is 13.1. The van der Waals surface area contributed by atoms with Crippen molar-refractivity contribution in [1.29, 1.82) is 0 Å². The fraction of sp³-hybridized carbons (Fsp3) is 0.379. The summed E-state index contributed by atoms with van der Waals surface area (Å²) in [5, 5.41) is 7.00. The minimum atomic E-state index is -1.95. The van der Waals surface area contributed by atoms with E-state index in [1.54, 1.807) is 38.3 Å². The van der Waals surface area contributed by atoms with E-state index >= 15 is 0 Å². The van der Waals surface area contributed by atoms with Crippen molar-refractivity contribution in [3.8, 4) is 11.5 Å². The molecular weight excluding hydrogens is 524 g/mol. The summed E-state index contributed by atoms with van der Waals surface area (Å²) in [6, 6.07) is 11.6. The largest absolute Gasteiger partial charge is 0.497 e. The Labute approximate surface area is 236 Å². The third-order valence-corrected chi connectivity index (χ3v) is 11.8. The lowest BCUT2D eigenvalue weighted by atomic mass is 10.2. The lowest BCUT2D eigenvalue weighted by molar-refractivity contribution is 0.102. The number of aryl methyl sites for hydroxylation is 1. The fourth-order valence-electron chi connectivity index (χ4n) is 3.92. The van der Waals surface area contributed by atoms with Crippen molar-refractivity contribution in [2.75, 3.05) is 37.6 Å². The number of rotatable bonds is 10. The maximum atomic E-state index is 12.9. The highest BCUT2D eigenvalue weighted by Gasteiger charge is 2.37. The second-order valence-electron chi connectivity index (χ2n) is 11.1. The second kappa shape index (κ2) is 11.6. The number of anilines is 3. The van der Waals surface area contributed by atoms with E-state index in [9.17, 15) is 4.79 Å². The lowest BCUT2D eigenvalue weighted by Gasteiger charge is -2.37. The number of carbonyl (C=O) groups excluding carboxylic acids is 1. The zero-order chi connectivity index (χ0) is 29.1. The van der Waals surface area contributed by atoms with Crippen molar-refractivity contribution >= 4 is 42.3 Å². The summed E-state index contributed by atoms with van der Waals surface area (Å²) in [5.74, 6) is 1.00. The van der Waals surface area contributed by atoms with Gasteiger partial charge in [-0.2, -0.15) is 5.10 Å². The summed E-state index contributed by atoms with van der Waals surface area (Å²) in [7, 11) is 3.10. The second-order valence-corrected chi connectivity index (χ2v) is 15.9. The average Bonchev–Trinajstić information content (AvgIpc) is 3.33. The summed E-state index contributed by atoms with van der Waals surface area (Å²) in [5.41, 5.74) is 3.84. The quantitative estimate of drug-likeness (QED) is 0.242. The molecule has 0 aliphatic carbocycles. The molecule has 40 heavy (non-hydrogen) atoms. The van der Waals surface area contributed by atoms with Gasteiger partial charge in [-0.05, 0) is 36.3 Å². The molecule has 1 amide bonds. The molecule has 4 aromatic rings. The first kappa shape index (κ1) is 29.0. The number of hydrogen-bond donors (Lipinski definition) is 1. The predicted octanol–water partition coefficient (Wildman–Crippen LogP) is 5.79. The summed E-state index contributed by atoms with van der Waals surface area (Å²) in [4.78, 5) is 24.1. The minimum Gasteiger partial charge on any atom is -0.497 e. The van der Waals surface area contributed by atoms with Gasteiger partial charge < -0.3 is 24.1 Å². The standard InChI is InChI=1S/C29H38N6O4Si/c1-29(2,3)40(7,8)39-12-11-35(22-13-23(37-5)16-24(14-22)38-6)21-9-10-25-26(15-21)33-27(18-30-25)28(36)32-20-17-31-34(4)19-20/h9-10,13-19H,11-12H2,1-8H3,(H,32,36). The molecule has 0 bridgehead atoms. The fourth-order valence-corrected chi connectivity index (χ4v) is 4.96. The van der Waals surface area contributed by atoms with Crippen LogP contribution in [0.4, 0.5) is 17.1 Å². The zero-order valence-electron chi connectivity index (χ0n) is 24.5. The van der Waals surface area contributed by atoms with Gasteiger partial charge in [0.25, 0.3) is 5.91 Å². The van der Waals surface area contributed by atoms with E-state index in [2.05, 4.69) is 59.1 Å². The van der Waals surface area contributed by atoms with Crippen LogP contribution in [-0.2, 0) is 11.5 Å². The van der Waals surface area contributed by atoms with Gasteiger partial charge >= 0.3 is 0 Å². The number of fused-ring (bicyclic) bond motifs is 1. The van der Waals surface area contributed by atoms with E-state index in [0.717, 1.165) is 11.4 Å². The molecule has 1 N–H and O–H groups in total. The number of amides is 1. The van der Waals surface area contributed by atoms with E-state index in [0.29, 0.717) is 41.4 Å². The minimum absolute atomic E-state index is 0.0995. The first-order chi connectivity index (χ1) is 18.9. The molecule has 11 heteroatoms. The Bertz CT molecular complexity index is 1480. The number of aromatic nitrogens is 4. The van der Waals surface area contributed by atoms with Gasteiger partial charge in [0.2, 0.25) is 0 Å². The summed E-state index contributed by atoms with van der Waals surface area (Å²) >= 11 is 0. The van der Waals surface area contributed by atoms with E-state index in [1.807, 2.05) is 36.4 Å². The van der Waals surface area contributed by atoms with Crippen molar-refractivity contribution in [3.63, 3.8) is 0 Å². The molecule has 0 aliphatic heterocycles. The Morgan fingerprint density at radius 2 is 1.70 bits per heavy atom. The molecule has 0 radical (unpaired) electrons. The number of carbonyl (C=O) groups is 1. The summed E-state index contributed by atoms with van der Waals surface area (Å²) < 4.78 is 19.2. The molecule has 0 spiro atoms. The maximum Gasteiger partial charge on any atom is 0.275 e. The Morgan fingerprint density at radius 1 is 1.00 bits per heavy atom. The van der Waals surface area contributed by atoms with Crippen LogP contribution in [0, 0.1) is 0 Å². The number of nitrogens with zero attached hydrogens (tertiary/aromatic N) is 5. The van der Waals surface area contributed by atoms with Crippen LogP contribution in [0.2, 0.25) is 18.1 Å². The van der Waals surface area contributed by atoms with Gasteiger partial charge in [-0.15, -0.1) is 0 Å². The van der Waals surface area contributed by atoms with Crippen LogP contribution in [0.3, 0.4) is 0 Å². The molecule has 0 atom stereocenters. The van der Waals surface area contributed by atoms with Crippen LogP contribution >= 0.6 is 0 Å². The van der Waals surface area contributed by atoms with Gasteiger partial charge in [0.05, 0.1) is 49.9 Å². The number of hydrogen-bond acceptors (Lipinski definition) is 8. The number of nitrogens with one attached hydrogen (secondary N) is 1. The monoisotopic (exact) mass is 562 g/mol. The average molecular weight is 563 g/mol. The third kappa shape index (κ3) is 6.60. The number of ether oxygens (including phenoxy) is 2. The summed E-state index contributed by atoms with van der Waals surface area (Å²) in [6.07, 6.45) is 4.78. The van der Waals surface area contributed by atoms with Crippen molar-refractivity contribution in [2.45, 2.75) is 38.9 Å². The van der Waals surface area contributed by atoms with Gasteiger partial charge in [-0.3, -0.25) is 14.5 Å². The molecule has 2 aromatic carbocycles. The number of benzene rings is 2. The molecule has 2 heterocycles. The van der Waals surface area contributed by atoms with Gasteiger partial charge in [-0.25, -0.2) is 4.98 Å². The first-order valence-corrected chi connectivity index (χ1v) is 16.0. The van der Waals surface area contributed by atoms with E-state index in [4.69, 9.17) is 13.9 Å². The van der Waals surface area contributed by atoms with Gasteiger partial charge in [0, 0.05) is 49.4 Å². The highest BCUT2D eigenvalue weighted by atomic mass is 28.4. The molecule has 0 saturated carbocycles. The molecule has 0 aliphatic rings. The Hall–Kier alpha value is -3.96. The molecule has 0 unspecified atom stereocenters. The molecular formula is C29H38N6O4Si. The normalized spacial score (nSPS) is 11.9. The van der Waals surface area contributed by atoms with Crippen molar-refractivity contribution in [3.05, 3.63) is 60.7 Å². The van der Waals surface area contributed by atoms with Gasteiger partial charge in [0.15, 0.2) is 8.32 Å². The van der Waals surface area contributed by atoms with E-state index in [1.165, 1.54) is 6.20 Å². The molecule has 2 aromatic heterocycles. The van der Waals surface area contributed by atoms with Crippen LogP contribution < -0.4 is 19.7 Å². The van der Waals surface area contributed by atoms with Gasteiger partial charge in [0.1, 0.15) is 17.2 Å². The molecule has 4 rings (SSSR count). The highest BCUT2D eigenvalue weighted by Crippen LogP contribution is 2.37. The SMILES string of the molecule is COc1cc(OC)cc(N(CCO[Si](C)(C)C(C)(C)C)c2ccc3ncc(C(=O)Nc4cnn(C)c4)nc3c2)c1. The van der Waals surface area contributed by atoms with Crippen LogP contribution in [0.15, 0.2) is 55.0 Å². The van der Waals surface area contributed by atoms with Crippen LogP contribution in [-0.4, -0.2) is 61.3 Å². The van der Waals surface area contributed by atoms with Crippen molar-refractivity contribution in [1.82, 2.24) is 19.7 Å². The number of methoxy groups -OCH3 is 2. The summed E-state index contributed by atoms with van der Waals surface area (Å²) in [6.45, 7) is 12.3. The highest BCUT2D eigenvalue weighted by molar-refractivity contribution is 6.74. The lowest BCUT2D eigenvalue weighted by Crippen LogP contribution is -2.42. The van der Waals surface area contributed by atoms with Crippen LogP contribution in [0.5, 0.6) is 11.5 Å². The predicted molar refractivity (Wildman–Crippen MR) is 160 cm³/mol. The van der Waals surface area contributed by atoms with Crippen molar-refractivity contribution in [2.24, 2.45) is 7.05 Å².